The highest BCUT2D eigenvalue weighted by molar-refractivity contribution is 5.16. The lowest BCUT2D eigenvalue weighted by molar-refractivity contribution is -0.149. The van der Waals surface area contributed by atoms with Crippen LogP contribution < -0.4 is 11.3 Å². The molecule has 1 atom stereocenters. The van der Waals surface area contributed by atoms with Crippen molar-refractivity contribution in [3.63, 3.8) is 0 Å². The lowest BCUT2D eigenvalue weighted by Crippen LogP contribution is -2.30. The molecule has 1 rings (SSSR count). The van der Waals surface area contributed by atoms with Crippen LogP contribution in [0.3, 0.4) is 0 Å². The topological polar surface area (TPSA) is 48.0 Å². The van der Waals surface area contributed by atoms with Gasteiger partial charge in [0.25, 0.3) is 5.56 Å². The largest absolute Gasteiger partial charge is 0.407 e. The van der Waals surface area contributed by atoms with Gasteiger partial charge in [0.05, 0.1) is 0 Å². The highest BCUT2D eigenvalue weighted by Gasteiger charge is 2.38. The predicted octanol–water partition coefficient (Wildman–Crippen LogP) is 2.07. The number of nitrogens with two attached hydrogens (primary N) is 1. The van der Waals surface area contributed by atoms with Gasteiger partial charge in [-0.05, 0) is 11.5 Å². The van der Waals surface area contributed by atoms with Gasteiger partial charge in [0, 0.05) is 18.8 Å². The van der Waals surface area contributed by atoms with Crippen LogP contribution in [0, 0.1) is 5.92 Å². The van der Waals surface area contributed by atoms with Crippen molar-refractivity contribution in [3.05, 3.63) is 34.2 Å². The predicted molar refractivity (Wildman–Crippen MR) is 58.5 cm³/mol. The number of hydrogen-bond acceptors (Lipinski definition) is 2. The molecule has 0 aliphatic heterocycles. The molecule has 6 heteroatoms. The maximum atomic E-state index is 12.4. The summed E-state index contributed by atoms with van der Waals surface area (Å²) in [5.41, 5.74) is 4.66. The summed E-state index contributed by atoms with van der Waals surface area (Å²) in [6.07, 6.45) is -3.32. The molecule has 1 aromatic heterocycles. The van der Waals surface area contributed by atoms with Gasteiger partial charge in [0.1, 0.15) is 6.04 Å². The molecule has 0 aliphatic rings. The summed E-state index contributed by atoms with van der Waals surface area (Å²) in [5.74, 6) is 0.171. The Labute approximate surface area is 97.0 Å². The second kappa shape index (κ2) is 4.91. The molecule has 0 radical (unpaired) electrons. The van der Waals surface area contributed by atoms with Gasteiger partial charge < -0.3 is 10.3 Å². The third-order valence-corrected chi connectivity index (χ3v) is 2.28. The van der Waals surface area contributed by atoms with Gasteiger partial charge in [-0.15, -0.1) is 0 Å². The molecular weight excluding hydrogens is 233 g/mol. The van der Waals surface area contributed by atoms with Gasteiger partial charge in [0.2, 0.25) is 0 Å². The minimum atomic E-state index is -4.50. The molecule has 17 heavy (non-hydrogen) atoms. The molecule has 1 unspecified atom stereocenters. The maximum Gasteiger partial charge on any atom is 0.407 e. The maximum absolute atomic E-state index is 12.4. The second-order valence-corrected chi connectivity index (χ2v) is 4.37. The molecule has 1 heterocycles. The van der Waals surface area contributed by atoms with Crippen LogP contribution in [0.25, 0.3) is 0 Å². The summed E-state index contributed by atoms with van der Waals surface area (Å²) in [5, 5.41) is 0. The Kier molecular flexibility index (Phi) is 3.98. The van der Waals surface area contributed by atoms with Crippen LogP contribution in [0.4, 0.5) is 13.2 Å². The summed E-state index contributed by atoms with van der Waals surface area (Å²) >= 11 is 0. The Bertz CT molecular complexity index is 437. The van der Waals surface area contributed by atoms with Crippen LogP contribution >= 0.6 is 0 Å². The first-order valence-electron chi connectivity index (χ1n) is 5.24. The van der Waals surface area contributed by atoms with E-state index in [-0.39, 0.29) is 17.0 Å². The summed E-state index contributed by atoms with van der Waals surface area (Å²) in [6, 6.07) is 0.183. The van der Waals surface area contributed by atoms with E-state index in [0.29, 0.717) is 6.54 Å². The molecule has 0 aliphatic carbocycles. The molecule has 0 saturated heterocycles. The highest BCUT2D eigenvalue weighted by atomic mass is 19.4. The zero-order valence-electron chi connectivity index (χ0n) is 9.66. The smallest absolute Gasteiger partial charge is 0.316 e. The number of pyridine rings is 1. The number of rotatable bonds is 3. The number of nitrogens with zero attached hydrogens (tertiary/aromatic N) is 1. The van der Waals surface area contributed by atoms with Crippen LogP contribution in [0.1, 0.15) is 25.5 Å². The average Bonchev–Trinajstić information content (AvgIpc) is 2.18. The molecule has 0 amide bonds. The van der Waals surface area contributed by atoms with Gasteiger partial charge in [-0.3, -0.25) is 4.79 Å². The van der Waals surface area contributed by atoms with Gasteiger partial charge in [-0.1, -0.05) is 19.9 Å². The van der Waals surface area contributed by atoms with Gasteiger partial charge in [-0.2, -0.15) is 13.2 Å². The normalized spacial score (nSPS) is 14.1. The quantitative estimate of drug-likeness (QED) is 0.890. The first-order chi connectivity index (χ1) is 7.71. The lowest BCUT2D eigenvalue weighted by Gasteiger charge is -2.17. The standard InChI is InChI=1S/C11H15F3N2O/c1-7(2)5-16-6-8(3-4-9(16)17)10(15)11(12,13)14/h3-4,6-7,10H,5,15H2,1-2H3. The van der Waals surface area contributed by atoms with Crippen molar-refractivity contribution >= 4 is 0 Å². The van der Waals surface area contributed by atoms with E-state index in [4.69, 9.17) is 5.73 Å². The van der Waals surface area contributed by atoms with E-state index in [1.165, 1.54) is 10.8 Å². The van der Waals surface area contributed by atoms with Crippen LogP contribution in [0.2, 0.25) is 0 Å². The molecule has 0 bridgehead atoms. The summed E-state index contributed by atoms with van der Waals surface area (Å²) in [6.45, 7) is 4.13. The molecule has 0 saturated carbocycles. The number of alkyl halides is 3. The van der Waals surface area contributed by atoms with Gasteiger partial charge >= 0.3 is 6.18 Å². The van der Waals surface area contributed by atoms with E-state index in [1.807, 2.05) is 13.8 Å². The van der Waals surface area contributed by atoms with Crippen LogP contribution in [0.5, 0.6) is 0 Å². The average molecular weight is 248 g/mol. The SMILES string of the molecule is CC(C)Cn1cc(C(N)C(F)(F)F)ccc1=O. The first kappa shape index (κ1) is 13.8. The first-order valence-corrected chi connectivity index (χ1v) is 5.24. The third-order valence-electron chi connectivity index (χ3n) is 2.28. The monoisotopic (exact) mass is 248 g/mol. The van der Waals surface area contributed by atoms with Crippen molar-refractivity contribution in [2.45, 2.75) is 32.6 Å². The Morgan fingerprint density at radius 1 is 1.35 bits per heavy atom. The van der Waals surface area contributed by atoms with Crippen molar-refractivity contribution in [1.82, 2.24) is 4.57 Å². The summed E-state index contributed by atoms with van der Waals surface area (Å²) < 4.78 is 38.5. The molecule has 96 valence electrons. The fourth-order valence-electron chi connectivity index (χ4n) is 1.46. The minimum absolute atomic E-state index is 0.0993. The van der Waals surface area contributed by atoms with E-state index in [1.54, 1.807) is 0 Å². The highest BCUT2D eigenvalue weighted by Crippen LogP contribution is 2.29. The van der Waals surface area contributed by atoms with Gasteiger partial charge in [0.15, 0.2) is 0 Å². The van der Waals surface area contributed by atoms with E-state index in [0.717, 1.165) is 12.1 Å². The van der Waals surface area contributed by atoms with Crippen molar-refractivity contribution in [3.8, 4) is 0 Å². The van der Waals surface area contributed by atoms with Crippen molar-refractivity contribution in [1.29, 1.82) is 0 Å². The Hall–Kier alpha value is -1.30. The molecular formula is C11H15F3N2O. The van der Waals surface area contributed by atoms with Gasteiger partial charge in [-0.25, -0.2) is 0 Å². The zero-order valence-corrected chi connectivity index (χ0v) is 9.66. The van der Waals surface area contributed by atoms with Crippen molar-refractivity contribution in [2.75, 3.05) is 0 Å². The molecule has 0 fully saturated rings. The Morgan fingerprint density at radius 2 is 1.94 bits per heavy atom. The number of aromatic nitrogens is 1. The lowest BCUT2D eigenvalue weighted by atomic mass is 10.1. The molecule has 0 spiro atoms. The molecule has 2 N–H and O–H groups in total. The fraction of sp³-hybridized carbons (Fsp3) is 0.545. The molecule has 1 aromatic rings. The zero-order chi connectivity index (χ0) is 13.2. The van der Waals surface area contributed by atoms with Crippen LogP contribution in [-0.4, -0.2) is 10.7 Å². The molecule has 0 aromatic carbocycles. The Morgan fingerprint density at radius 3 is 2.41 bits per heavy atom. The van der Waals surface area contributed by atoms with Crippen LogP contribution in [0.15, 0.2) is 23.1 Å². The summed E-state index contributed by atoms with van der Waals surface area (Å²) in [4.78, 5) is 11.4. The summed E-state index contributed by atoms with van der Waals surface area (Å²) in [7, 11) is 0. The number of hydrogen-bond donors (Lipinski definition) is 1. The van der Waals surface area contributed by atoms with Crippen molar-refractivity contribution < 1.29 is 13.2 Å². The Balaban J connectivity index is 3.08. The van der Waals surface area contributed by atoms with Crippen LogP contribution in [-0.2, 0) is 6.54 Å². The molecule has 3 nitrogen and oxygen atoms in total. The minimum Gasteiger partial charge on any atom is -0.316 e. The van der Waals surface area contributed by atoms with E-state index >= 15 is 0 Å². The van der Waals surface area contributed by atoms with E-state index in [9.17, 15) is 18.0 Å². The van der Waals surface area contributed by atoms with Crippen molar-refractivity contribution in [2.24, 2.45) is 11.7 Å². The fourth-order valence-corrected chi connectivity index (χ4v) is 1.46. The third kappa shape index (κ3) is 3.59. The second-order valence-electron chi connectivity index (χ2n) is 4.37. The van der Waals surface area contributed by atoms with E-state index in [2.05, 4.69) is 0 Å². The number of halogens is 3. The van der Waals surface area contributed by atoms with E-state index < -0.39 is 12.2 Å².